The molecular formula is C14H20N4O3. The Balaban J connectivity index is 2.00. The molecule has 2 amide bonds. The summed E-state index contributed by atoms with van der Waals surface area (Å²) in [4.78, 5) is 30.8. The molecule has 7 nitrogen and oxygen atoms in total. The number of hydrogen-bond donors (Lipinski definition) is 2. The third kappa shape index (κ3) is 3.91. The van der Waals surface area contributed by atoms with Gasteiger partial charge in [-0.2, -0.15) is 0 Å². The Bertz CT molecular complexity index is 535. The number of carboxylic acids is 1. The number of aromatic carboxylic acids is 1. The number of pyridine rings is 1. The van der Waals surface area contributed by atoms with E-state index in [0.29, 0.717) is 5.69 Å². The number of nitrogens with one attached hydrogen (secondary N) is 1. The Morgan fingerprint density at radius 1 is 1.48 bits per heavy atom. The van der Waals surface area contributed by atoms with Crippen LogP contribution in [0.2, 0.25) is 0 Å². The van der Waals surface area contributed by atoms with Gasteiger partial charge in [-0.05, 0) is 32.5 Å². The van der Waals surface area contributed by atoms with Gasteiger partial charge in [-0.25, -0.2) is 9.59 Å². The molecule has 1 aliphatic rings. The standard InChI is InChI=1S/C14H20N4O3/c1-17-5-3-4-12(9-17)18(2)14(21)16-11-6-10(13(19)20)7-15-8-11/h6-8,12H,3-5,9H2,1-2H3,(H,16,21)(H,19,20). The van der Waals surface area contributed by atoms with E-state index in [1.807, 2.05) is 7.05 Å². The highest BCUT2D eigenvalue weighted by Crippen LogP contribution is 2.15. The maximum absolute atomic E-state index is 12.2. The average Bonchev–Trinajstić information content (AvgIpc) is 2.46. The van der Waals surface area contributed by atoms with Crippen molar-refractivity contribution < 1.29 is 14.7 Å². The second-order valence-electron chi connectivity index (χ2n) is 5.37. The lowest BCUT2D eigenvalue weighted by atomic mass is 10.1. The van der Waals surface area contributed by atoms with E-state index < -0.39 is 5.97 Å². The quantitative estimate of drug-likeness (QED) is 0.878. The SMILES string of the molecule is CN1CCCC(N(C)C(=O)Nc2cncc(C(=O)O)c2)C1. The van der Waals surface area contributed by atoms with E-state index in [2.05, 4.69) is 15.2 Å². The van der Waals surface area contributed by atoms with E-state index in [1.165, 1.54) is 18.5 Å². The first kappa shape index (κ1) is 15.2. The summed E-state index contributed by atoms with van der Waals surface area (Å²) in [6, 6.07) is 1.31. The van der Waals surface area contributed by atoms with Crippen molar-refractivity contribution in [1.82, 2.24) is 14.8 Å². The molecule has 1 aromatic heterocycles. The topological polar surface area (TPSA) is 85.8 Å². The second kappa shape index (κ2) is 6.53. The van der Waals surface area contributed by atoms with Crippen molar-refractivity contribution in [3.63, 3.8) is 0 Å². The van der Waals surface area contributed by atoms with E-state index in [1.54, 1.807) is 11.9 Å². The molecule has 1 unspecified atom stereocenters. The fourth-order valence-corrected chi connectivity index (χ4v) is 2.46. The minimum Gasteiger partial charge on any atom is -0.478 e. The maximum atomic E-state index is 12.2. The van der Waals surface area contributed by atoms with Gasteiger partial charge in [0.15, 0.2) is 0 Å². The summed E-state index contributed by atoms with van der Waals surface area (Å²) in [5.74, 6) is -1.07. The molecule has 1 atom stereocenters. The van der Waals surface area contributed by atoms with E-state index in [0.717, 1.165) is 25.9 Å². The van der Waals surface area contributed by atoms with Crippen LogP contribution < -0.4 is 5.32 Å². The predicted molar refractivity (Wildman–Crippen MR) is 78.5 cm³/mol. The summed E-state index contributed by atoms with van der Waals surface area (Å²) in [5, 5.41) is 11.6. The molecule has 21 heavy (non-hydrogen) atoms. The number of carbonyl (C=O) groups is 2. The summed E-state index contributed by atoms with van der Waals surface area (Å²) in [6.45, 7) is 1.90. The third-order valence-electron chi connectivity index (χ3n) is 3.70. The summed E-state index contributed by atoms with van der Waals surface area (Å²) >= 11 is 0. The first-order valence-corrected chi connectivity index (χ1v) is 6.88. The van der Waals surface area contributed by atoms with Crippen LogP contribution in [0.15, 0.2) is 18.5 Å². The number of hydrogen-bond acceptors (Lipinski definition) is 4. The summed E-state index contributed by atoms with van der Waals surface area (Å²) in [5.41, 5.74) is 0.434. The molecule has 1 aromatic rings. The molecule has 7 heteroatoms. The van der Waals surface area contributed by atoms with Gasteiger partial charge in [0.25, 0.3) is 0 Å². The molecule has 0 aliphatic carbocycles. The normalized spacial score (nSPS) is 19.0. The largest absolute Gasteiger partial charge is 0.478 e. The van der Waals surface area contributed by atoms with E-state index in [-0.39, 0.29) is 17.6 Å². The van der Waals surface area contributed by atoms with Crippen molar-refractivity contribution in [2.75, 3.05) is 32.5 Å². The molecule has 2 heterocycles. The monoisotopic (exact) mass is 292 g/mol. The van der Waals surface area contributed by atoms with E-state index >= 15 is 0 Å². The number of carboxylic acid groups (broad SMARTS) is 1. The predicted octanol–water partition coefficient (Wildman–Crippen LogP) is 1.34. The van der Waals surface area contributed by atoms with Gasteiger partial charge >= 0.3 is 12.0 Å². The highest BCUT2D eigenvalue weighted by Gasteiger charge is 2.24. The van der Waals surface area contributed by atoms with Crippen molar-refractivity contribution in [2.24, 2.45) is 0 Å². The minimum atomic E-state index is -1.07. The van der Waals surface area contributed by atoms with Crippen molar-refractivity contribution >= 4 is 17.7 Å². The number of rotatable bonds is 3. The lowest BCUT2D eigenvalue weighted by Gasteiger charge is -2.35. The zero-order valence-electron chi connectivity index (χ0n) is 12.2. The first-order chi connectivity index (χ1) is 9.97. The van der Waals surface area contributed by atoms with E-state index in [9.17, 15) is 9.59 Å². The Labute approximate surface area is 123 Å². The van der Waals surface area contributed by atoms with E-state index in [4.69, 9.17) is 5.11 Å². The Morgan fingerprint density at radius 2 is 2.24 bits per heavy atom. The number of likely N-dealkylation sites (tertiary alicyclic amines) is 1. The molecule has 0 radical (unpaired) electrons. The Kier molecular flexibility index (Phi) is 4.74. The first-order valence-electron chi connectivity index (χ1n) is 6.88. The van der Waals surface area contributed by atoms with Crippen LogP contribution in [0.1, 0.15) is 23.2 Å². The molecule has 2 rings (SSSR count). The number of nitrogens with zero attached hydrogens (tertiary/aromatic N) is 3. The number of anilines is 1. The van der Waals surface area contributed by atoms with Crippen molar-refractivity contribution in [1.29, 1.82) is 0 Å². The third-order valence-corrected chi connectivity index (χ3v) is 3.70. The van der Waals surface area contributed by atoms with Gasteiger partial charge < -0.3 is 20.2 Å². The maximum Gasteiger partial charge on any atom is 0.337 e. The van der Waals surface area contributed by atoms with Gasteiger partial charge in [0.05, 0.1) is 17.4 Å². The Hall–Kier alpha value is -2.15. The van der Waals surface area contributed by atoms with Gasteiger partial charge in [0, 0.05) is 25.8 Å². The number of carbonyl (C=O) groups excluding carboxylic acids is 1. The molecule has 1 fully saturated rings. The molecule has 2 N–H and O–H groups in total. The molecule has 0 bridgehead atoms. The van der Waals surface area contributed by atoms with Crippen LogP contribution in [0.5, 0.6) is 0 Å². The minimum absolute atomic E-state index is 0.0489. The molecule has 0 spiro atoms. The fraction of sp³-hybridized carbons (Fsp3) is 0.500. The van der Waals surface area contributed by atoms with Crippen molar-refractivity contribution in [2.45, 2.75) is 18.9 Å². The smallest absolute Gasteiger partial charge is 0.337 e. The van der Waals surface area contributed by atoms with Gasteiger partial charge in [-0.15, -0.1) is 0 Å². The molecule has 0 aromatic carbocycles. The highest BCUT2D eigenvalue weighted by molar-refractivity contribution is 5.92. The molecular weight excluding hydrogens is 272 g/mol. The summed E-state index contributed by atoms with van der Waals surface area (Å²) in [6.07, 6.45) is 4.72. The van der Waals surface area contributed by atoms with Crippen LogP contribution in [0.4, 0.5) is 10.5 Å². The number of piperidine rings is 1. The highest BCUT2D eigenvalue weighted by atomic mass is 16.4. The van der Waals surface area contributed by atoms with Crippen LogP contribution in [-0.2, 0) is 0 Å². The lowest BCUT2D eigenvalue weighted by molar-refractivity contribution is 0.0696. The van der Waals surface area contributed by atoms with Crippen molar-refractivity contribution in [3.8, 4) is 0 Å². The Morgan fingerprint density at radius 3 is 2.90 bits per heavy atom. The van der Waals surface area contributed by atoms with Crippen LogP contribution >= 0.6 is 0 Å². The lowest BCUT2D eigenvalue weighted by Crippen LogP contribution is -2.48. The second-order valence-corrected chi connectivity index (χ2v) is 5.37. The molecule has 1 saturated heterocycles. The van der Waals surface area contributed by atoms with Gasteiger partial charge in [-0.1, -0.05) is 0 Å². The molecule has 114 valence electrons. The van der Waals surface area contributed by atoms with Crippen LogP contribution in [0.3, 0.4) is 0 Å². The van der Waals surface area contributed by atoms with Gasteiger partial charge in [0.2, 0.25) is 0 Å². The zero-order chi connectivity index (χ0) is 15.4. The number of aromatic nitrogens is 1. The molecule has 0 saturated carbocycles. The van der Waals surface area contributed by atoms with Gasteiger partial charge in [0.1, 0.15) is 0 Å². The summed E-state index contributed by atoms with van der Waals surface area (Å²) < 4.78 is 0. The number of likely N-dealkylation sites (N-methyl/N-ethyl adjacent to an activating group) is 2. The van der Waals surface area contributed by atoms with Crippen molar-refractivity contribution in [3.05, 3.63) is 24.0 Å². The molecule has 1 aliphatic heterocycles. The van der Waals surface area contributed by atoms with Crippen LogP contribution in [-0.4, -0.2) is 65.1 Å². The average molecular weight is 292 g/mol. The number of urea groups is 1. The zero-order valence-corrected chi connectivity index (χ0v) is 12.2. The summed E-state index contributed by atoms with van der Waals surface area (Å²) in [7, 11) is 3.80. The number of amides is 2. The van der Waals surface area contributed by atoms with Gasteiger partial charge in [-0.3, -0.25) is 4.98 Å². The van der Waals surface area contributed by atoms with Crippen LogP contribution in [0, 0.1) is 0 Å². The fourth-order valence-electron chi connectivity index (χ4n) is 2.46. The van der Waals surface area contributed by atoms with Crippen LogP contribution in [0.25, 0.3) is 0 Å².